The summed E-state index contributed by atoms with van der Waals surface area (Å²) in [6.45, 7) is 3.41. The molecule has 0 saturated heterocycles. The van der Waals surface area contributed by atoms with Gasteiger partial charge in [0.2, 0.25) is 0 Å². The van der Waals surface area contributed by atoms with E-state index in [9.17, 15) is 9.59 Å². The van der Waals surface area contributed by atoms with Gasteiger partial charge in [-0.05, 0) is 32.0 Å². The molecule has 0 atom stereocenters. The monoisotopic (exact) mass is 492 g/mol. The molecule has 8 nitrogen and oxygen atoms in total. The zero-order valence-electron chi connectivity index (χ0n) is 20.6. The highest BCUT2D eigenvalue weighted by molar-refractivity contribution is 6.11. The van der Waals surface area contributed by atoms with Crippen molar-refractivity contribution >= 4 is 23.2 Å². The topological polar surface area (TPSA) is 101 Å². The van der Waals surface area contributed by atoms with Gasteiger partial charge in [0.05, 0.1) is 0 Å². The summed E-state index contributed by atoms with van der Waals surface area (Å²) in [5, 5.41) is 11.1. The maximum Gasteiger partial charge on any atom is 0.263 e. The van der Waals surface area contributed by atoms with Crippen LogP contribution in [0.15, 0.2) is 94.0 Å². The van der Waals surface area contributed by atoms with E-state index in [0.29, 0.717) is 45.4 Å². The number of nitrogens with zero attached hydrogens (tertiary/aromatic N) is 3. The summed E-state index contributed by atoms with van der Waals surface area (Å²) >= 11 is 0. The number of hydrogen-bond acceptors (Lipinski definition) is 6. The SMILES string of the molecule is Cc1onc(-c2ccccc2)c1C(=O)Nc1cccc(N(C)C(=O)c2c(-c3ccccc3)noc2C)c1. The Morgan fingerprint density at radius 1 is 0.730 bits per heavy atom. The van der Waals surface area contributed by atoms with E-state index in [-0.39, 0.29) is 11.8 Å². The molecule has 0 spiro atoms. The van der Waals surface area contributed by atoms with Gasteiger partial charge in [0, 0.05) is 29.5 Å². The molecule has 1 N–H and O–H groups in total. The van der Waals surface area contributed by atoms with E-state index in [0.717, 1.165) is 11.1 Å². The highest BCUT2D eigenvalue weighted by Crippen LogP contribution is 2.29. The molecule has 2 amide bonds. The van der Waals surface area contributed by atoms with E-state index < -0.39 is 0 Å². The number of rotatable bonds is 6. The highest BCUT2D eigenvalue weighted by Gasteiger charge is 2.26. The van der Waals surface area contributed by atoms with Crippen molar-refractivity contribution in [2.45, 2.75) is 13.8 Å². The minimum Gasteiger partial charge on any atom is -0.360 e. The first kappa shape index (κ1) is 23.7. The average Bonchev–Trinajstić information content (AvgIpc) is 3.51. The van der Waals surface area contributed by atoms with Crippen LogP contribution in [0.3, 0.4) is 0 Å². The Labute approximate surface area is 213 Å². The van der Waals surface area contributed by atoms with Crippen molar-refractivity contribution in [2.75, 3.05) is 17.3 Å². The number of benzene rings is 3. The van der Waals surface area contributed by atoms with Gasteiger partial charge in [-0.2, -0.15) is 0 Å². The molecule has 0 saturated carbocycles. The highest BCUT2D eigenvalue weighted by atomic mass is 16.5. The molecule has 0 aliphatic heterocycles. The summed E-state index contributed by atoms with van der Waals surface area (Å²) in [4.78, 5) is 28.2. The molecule has 0 unspecified atom stereocenters. The largest absolute Gasteiger partial charge is 0.360 e. The Morgan fingerprint density at radius 2 is 1.27 bits per heavy atom. The lowest BCUT2D eigenvalue weighted by atomic mass is 10.0. The molecule has 2 aromatic heterocycles. The molecule has 0 radical (unpaired) electrons. The number of carbonyl (C=O) groups excluding carboxylic acids is 2. The third-order valence-corrected chi connectivity index (χ3v) is 6.06. The van der Waals surface area contributed by atoms with Crippen molar-refractivity contribution in [3.63, 3.8) is 0 Å². The van der Waals surface area contributed by atoms with Crippen molar-refractivity contribution in [2.24, 2.45) is 0 Å². The molecule has 5 rings (SSSR count). The molecule has 37 heavy (non-hydrogen) atoms. The van der Waals surface area contributed by atoms with Gasteiger partial charge < -0.3 is 19.3 Å². The fourth-order valence-corrected chi connectivity index (χ4v) is 4.12. The van der Waals surface area contributed by atoms with Crippen LogP contribution in [0.2, 0.25) is 0 Å². The molecule has 184 valence electrons. The summed E-state index contributed by atoms with van der Waals surface area (Å²) in [5.74, 6) is 0.208. The Balaban J connectivity index is 1.40. The van der Waals surface area contributed by atoms with Crippen LogP contribution in [0.4, 0.5) is 11.4 Å². The number of aromatic nitrogens is 2. The van der Waals surface area contributed by atoms with Crippen molar-refractivity contribution in [1.29, 1.82) is 0 Å². The first-order valence-electron chi connectivity index (χ1n) is 11.7. The zero-order chi connectivity index (χ0) is 25.9. The maximum absolute atomic E-state index is 13.5. The van der Waals surface area contributed by atoms with Crippen LogP contribution in [0.5, 0.6) is 0 Å². The van der Waals surface area contributed by atoms with Crippen LogP contribution in [0, 0.1) is 13.8 Å². The van der Waals surface area contributed by atoms with Gasteiger partial charge in [0.15, 0.2) is 0 Å². The fraction of sp³-hybridized carbons (Fsp3) is 0.103. The number of carbonyl (C=O) groups is 2. The molecular formula is C29H24N4O4. The van der Waals surface area contributed by atoms with Crippen molar-refractivity contribution in [1.82, 2.24) is 10.3 Å². The Bertz CT molecular complexity index is 1570. The summed E-state index contributed by atoms with van der Waals surface area (Å²) in [7, 11) is 1.67. The van der Waals surface area contributed by atoms with Crippen LogP contribution in [0.1, 0.15) is 32.2 Å². The van der Waals surface area contributed by atoms with Gasteiger partial charge in [-0.3, -0.25) is 9.59 Å². The second-order valence-electron chi connectivity index (χ2n) is 8.53. The predicted molar refractivity (Wildman–Crippen MR) is 140 cm³/mol. The minimum atomic E-state index is -0.357. The van der Waals surface area contributed by atoms with E-state index in [1.165, 1.54) is 4.90 Å². The summed E-state index contributed by atoms with van der Waals surface area (Å²) in [5.41, 5.74) is 4.37. The second-order valence-corrected chi connectivity index (χ2v) is 8.53. The minimum absolute atomic E-state index is 0.276. The van der Waals surface area contributed by atoms with E-state index in [4.69, 9.17) is 9.05 Å². The molecule has 3 aromatic carbocycles. The molecule has 0 aliphatic carbocycles. The maximum atomic E-state index is 13.5. The van der Waals surface area contributed by atoms with Gasteiger partial charge in [-0.25, -0.2) is 0 Å². The Hall–Kier alpha value is -4.98. The Kier molecular flexibility index (Phi) is 6.38. The number of anilines is 2. The van der Waals surface area contributed by atoms with Gasteiger partial charge in [0.1, 0.15) is 34.0 Å². The third-order valence-electron chi connectivity index (χ3n) is 6.06. The van der Waals surface area contributed by atoms with Crippen LogP contribution >= 0.6 is 0 Å². The van der Waals surface area contributed by atoms with E-state index in [2.05, 4.69) is 15.6 Å². The molecule has 2 heterocycles. The molecule has 0 aliphatic rings. The normalized spacial score (nSPS) is 10.8. The first-order chi connectivity index (χ1) is 17.9. The van der Waals surface area contributed by atoms with Crippen LogP contribution in [-0.2, 0) is 0 Å². The van der Waals surface area contributed by atoms with Gasteiger partial charge in [-0.15, -0.1) is 0 Å². The van der Waals surface area contributed by atoms with Crippen LogP contribution in [0.25, 0.3) is 22.5 Å². The number of amides is 2. The van der Waals surface area contributed by atoms with Crippen molar-refractivity contribution in [3.8, 4) is 22.5 Å². The van der Waals surface area contributed by atoms with E-state index in [1.54, 1.807) is 45.2 Å². The lowest BCUT2D eigenvalue weighted by Gasteiger charge is -2.18. The molecule has 0 fully saturated rings. The van der Waals surface area contributed by atoms with Gasteiger partial charge in [-0.1, -0.05) is 77.0 Å². The number of hydrogen-bond donors (Lipinski definition) is 1. The van der Waals surface area contributed by atoms with Crippen LogP contribution in [-0.4, -0.2) is 29.2 Å². The van der Waals surface area contributed by atoms with E-state index in [1.807, 2.05) is 60.7 Å². The summed E-state index contributed by atoms with van der Waals surface area (Å²) in [6.07, 6.45) is 0. The van der Waals surface area contributed by atoms with Gasteiger partial charge in [0.25, 0.3) is 11.8 Å². The zero-order valence-corrected chi connectivity index (χ0v) is 20.6. The number of nitrogens with one attached hydrogen (secondary N) is 1. The second kappa shape index (κ2) is 9.94. The number of aryl methyl sites for hydroxylation is 2. The van der Waals surface area contributed by atoms with Crippen molar-refractivity contribution < 1.29 is 18.6 Å². The summed E-state index contributed by atoms with van der Waals surface area (Å²) < 4.78 is 10.7. The standard InChI is InChI=1S/C29H24N4O4/c1-18-24(26(31-36-18)20-11-6-4-7-12-20)28(34)30-22-15-10-16-23(17-22)33(3)29(35)25-19(2)37-32-27(25)21-13-8-5-9-14-21/h4-17H,1-3H3,(H,30,34). The quantitative estimate of drug-likeness (QED) is 0.305. The smallest absolute Gasteiger partial charge is 0.263 e. The van der Waals surface area contributed by atoms with E-state index >= 15 is 0 Å². The van der Waals surface area contributed by atoms with Crippen LogP contribution < -0.4 is 10.2 Å². The lowest BCUT2D eigenvalue weighted by molar-refractivity contribution is 0.0990. The first-order valence-corrected chi connectivity index (χ1v) is 11.7. The molecular weight excluding hydrogens is 468 g/mol. The predicted octanol–water partition coefficient (Wildman–Crippen LogP) is 6.14. The lowest BCUT2D eigenvalue weighted by Crippen LogP contribution is -2.27. The fourth-order valence-electron chi connectivity index (χ4n) is 4.12. The van der Waals surface area contributed by atoms with Gasteiger partial charge >= 0.3 is 0 Å². The third kappa shape index (κ3) is 4.64. The Morgan fingerprint density at radius 3 is 1.86 bits per heavy atom. The summed E-state index contributed by atoms with van der Waals surface area (Å²) in [6, 6.07) is 25.8. The average molecular weight is 493 g/mol. The van der Waals surface area contributed by atoms with Crippen molar-refractivity contribution in [3.05, 3.63) is 108 Å². The molecule has 5 aromatic rings. The molecule has 0 bridgehead atoms. The molecule has 8 heteroatoms.